The van der Waals surface area contributed by atoms with Crippen LogP contribution in [0.2, 0.25) is 0 Å². The molecule has 5 heteroatoms. The quantitative estimate of drug-likeness (QED) is 0.681. The molecule has 0 saturated carbocycles. The summed E-state index contributed by atoms with van der Waals surface area (Å²) in [6.07, 6.45) is 0.170. The van der Waals surface area contributed by atoms with E-state index in [4.69, 9.17) is 9.47 Å². The Hall–Kier alpha value is -1.26. The van der Waals surface area contributed by atoms with Gasteiger partial charge in [0.25, 0.3) is 0 Å². The summed E-state index contributed by atoms with van der Waals surface area (Å²) >= 11 is 0. The van der Waals surface area contributed by atoms with E-state index < -0.39 is 12.1 Å². The first-order chi connectivity index (χ1) is 7.06. The highest BCUT2D eigenvalue weighted by Crippen LogP contribution is 1.92. The summed E-state index contributed by atoms with van der Waals surface area (Å²) < 4.78 is 9.56. The van der Waals surface area contributed by atoms with E-state index >= 15 is 0 Å². The van der Waals surface area contributed by atoms with Gasteiger partial charge in [0.05, 0.1) is 13.2 Å². The summed E-state index contributed by atoms with van der Waals surface area (Å²) in [5.74, 6) is -0.154. The van der Waals surface area contributed by atoms with Gasteiger partial charge < -0.3 is 14.8 Å². The second-order valence-corrected chi connectivity index (χ2v) is 3.57. The van der Waals surface area contributed by atoms with Gasteiger partial charge in [0.1, 0.15) is 6.54 Å². The lowest BCUT2D eigenvalue weighted by atomic mass is 10.2. The molecule has 0 atom stereocenters. The van der Waals surface area contributed by atoms with Crippen molar-refractivity contribution in [3.8, 4) is 0 Å². The fraction of sp³-hybridized carbons (Fsp3) is 0.800. The number of hydrogen-bond donors (Lipinski definition) is 1. The summed E-state index contributed by atoms with van der Waals surface area (Å²) in [6.45, 7) is 6.35. The van der Waals surface area contributed by atoms with E-state index in [2.05, 4.69) is 5.32 Å². The summed E-state index contributed by atoms with van der Waals surface area (Å²) in [5, 5.41) is 2.31. The molecule has 0 aromatic rings. The highest BCUT2D eigenvalue weighted by atomic mass is 16.6. The van der Waals surface area contributed by atoms with Crippen LogP contribution < -0.4 is 5.32 Å². The minimum absolute atomic E-state index is 0.144. The van der Waals surface area contributed by atoms with Crippen LogP contribution in [-0.4, -0.2) is 31.8 Å². The van der Waals surface area contributed by atoms with E-state index in [1.807, 2.05) is 20.8 Å². The van der Waals surface area contributed by atoms with Crippen LogP contribution in [0.5, 0.6) is 0 Å². The molecule has 0 radical (unpaired) electrons. The fourth-order valence-corrected chi connectivity index (χ4v) is 0.701. The molecule has 0 aliphatic heterocycles. The Labute approximate surface area is 90.1 Å². The Morgan fingerprint density at radius 1 is 1.27 bits per heavy atom. The number of amides is 1. The van der Waals surface area contributed by atoms with Crippen LogP contribution in [0.25, 0.3) is 0 Å². The third-order valence-corrected chi connectivity index (χ3v) is 1.39. The molecule has 0 fully saturated rings. The van der Waals surface area contributed by atoms with E-state index in [1.54, 1.807) is 0 Å². The number of esters is 1. The van der Waals surface area contributed by atoms with Gasteiger partial charge in [-0.2, -0.15) is 0 Å². The van der Waals surface area contributed by atoms with Gasteiger partial charge in [0.2, 0.25) is 0 Å². The summed E-state index contributed by atoms with van der Waals surface area (Å²) in [5.41, 5.74) is 0. The second kappa shape index (κ2) is 8.08. The number of nitrogens with one attached hydrogen (secondary N) is 1. The predicted molar refractivity (Wildman–Crippen MR) is 55.4 cm³/mol. The monoisotopic (exact) mass is 217 g/mol. The van der Waals surface area contributed by atoms with Crippen molar-refractivity contribution in [2.45, 2.75) is 27.2 Å². The van der Waals surface area contributed by atoms with Crippen molar-refractivity contribution in [3.05, 3.63) is 0 Å². The SMILES string of the molecule is CCCOC(=O)NCC(=O)OCC(C)C. The van der Waals surface area contributed by atoms with Gasteiger partial charge in [-0.15, -0.1) is 0 Å². The van der Waals surface area contributed by atoms with Crippen molar-refractivity contribution in [1.29, 1.82) is 0 Å². The molecule has 5 nitrogen and oxygen atoms in total. The lowest BCUT2D eigenvalue weighted by Gasteiger charge is -2.08. The number of hydrogen-bond acceptors (Lipinski definition) is 4. The molecular weight excluding hydrogens is 198 g/mol. The van der Waals surface area contributed by atoms with Gasteiger partial charge in [-0.3, -0.25) is 4.79 Å². The van der Waals surface area contributed by atoms with Crippen molar-refractivity contribution in [3.63, 3.8) is 0 Å². The van der Waals surface area contributed by atoms with Crippen molar-refractivity contribution in [1.82, 2.24) is 5.32 Å². The van der Waals surface area contributed by atoms with E-state index in [0.717, 1.165) is 6.42 Å². The Kier molecular flexibility index (Phi) is 7.40. The normalized spacial score (nSPS) is 9.87. The molecular formula is C10H19NO4. The Morgan fingerprint density at radius 2 is 1.93 bits per heavy atom. The van der Waals surface area contributed by atoms with Crippen molar-refractivity contribution in [2.24, 2.45) is 5.92 Å². The minimum Gasteiger partial charge on any atom is -0.464 e. The zero-order valence-corrected chi connectivity index (χ0v) is 9.54. The molecule has 1 amide bonds. The number of carbonyl (C=O) groups is 2. The first kappa shape index (κ1) is 13.7. The number of alkyl carbamates (subject to hydrolysis) is 1. The first-order valence-electron chi connectivity index (χ1n) is 5.12. The van der Waals surface area contributed by atoms with Crippen LogP contribution in [-0.2, 0) is 14.3 Å². The van der Waals surface area contributed by atoms with Gasteiger partial charge in [0, 0.05) is 0 Å². The molecule has 15 heavy (non-hydrogen) atoms. The average molecular weight is 217 g/mol. The van der Waals surface area contributed by atoms with Gasteiger partial charge in [-0.05, 0) is 12.3 Å². The zero-order valence-electron chi connectivity index (χ0n) is 9.54. The van der Waals surface area contributed by atoms with Crippen LogP contribution >= 0.6 is 0 Å². The maximum absolute atomic E-state index is 11.0. The average Bonchev–Trinajstić information content (AvgIpc) is 2.20. The van der Waals surface area contributed by atoms with Crippen molar-refractivity contribution >= 4 is 12.1 Å². The molecule has 0 spiro atoms. The molecule has 0 rings (SSSR count). The minimum atomic E-state index is -0.585. The topological polar surface area (TPSA) is 64.6 Å². The zero-order chi connectivity index (χ0) is 11.7. The van der Waals surface area contributed by atoms with Crippen LogP contribution in [0, 0.1) is 5.92 Å². The van der Waals surface area contributed by atoms with Gasteiger partial charge in [-0.25, -0.2) is 4.79 Å². The Morgan fingerprint density at radius 3 is 2.47 bits per heavy atom. The first-order valence-corrected chi connectivity index (χ1v) is 5.12. The third kappa shape index (κ3) is 9.05. The molecule has 0 bridgehead atoms. The molecule has 0 saturated heterocycles. The van der Waals surface area contributed by atoms with Crippen LogP contribution in [0.4, 0.5) is 4.79 Å². The predicted octanol–water partition coefficient (Wildman–Crippen LogP) is 1.32. The summed E-state index contributed by atoms with van der Waals surface area (Å²) in [4.78, 5) is 21.9. The maximum Gasteiger partial charge on any atom is 0.407 e. The van der Waals surface area contributed by atoms with Gasteiger partial charge >= 0.3 is 12.1 Å². The standard InChI is InChI=1S/C10H19NO4/c1-4-5-14-10(13)11-6-9(12)15-7-8(2)3/h8H,4-7H2,1-3H3,(H,11,13). The summed E-state index contributed by atoms with van der Waals surface area (Å²) in [6, 6.07) is 0. The number of rotatable bonds is 6. The Bertz CT molecular complexity index is 204. The molecule has 0 aliphatic carbocycles. The number of carbonyl (C=O) groups excluding carboxylic acids is 2. The molecule has 0 heterocycles. The third-order valence-electron chi connectivity index (χ3n) is 1.39. The number of ether oxygens (including phenoxy) is 2. The Balaban J connectivity index is 3.49. The smallest absolute Gasteiger partial charge is 0.407 e. The van der Waals surface area contributed by atoms with Gasteiger partial charge in [0.15, 0.2) is 0 Å². The largest absolute Gasteiger partial charge is 0.464 e. The molecule has 0 unspecified atom stereocenters. The lowest BCUT2D eigenvalue weighted by molar-refractivity contribution is -0.143. The maximum atomic E-state index is 11.0. The molecule has 88 valence electrons. The fourth-order valence-electron chi connectivity index (χ4n) is 0.701. The second-order valence-electron chi connectivity index (χ2n) is 3.57. The van der Waals surface area contributed by atoms with Crippen molar-refractivity contribution in [2.75, 3.05) is 19.8 Å². The molecule has 1 N–H and O–H groups in total. The van der Waals surface area contributed by atoms with E-state index in [1.165, 1.54) is 0 Å². The van der Waals surface area contributed by atoms with E-state index in [-0.39, 0.29) is 6.54 Å². The van der Waals surface area contributed by atoms with E-state index in [9.17, 15) is 9.59 Å². The lowest BCUT2D eigenvalue weighted by Crippen LogP contribution is -2.31. The molecule has 0 aromatic heterocycles. The van der Waals surface area contributed by atoms with Crippen LogP contribution in [0.1, 0.15) is 27.2 Å². The van der Waals surface area contributed by atoms with Crippen LogP contribution in [0.3, 0.4) is 0 Å². The van der Waals surface area contributed by atoms with E-state index in [0.29, 0.717) is 19.1 Å². The highest BCUT2D eigenvalue weighted by molar-refractivity contribution is 5.77. The molecule has 0 aliphatic rings. The van der Waals surface area contributed by atoms with Gasteiger partial charge in [-0.1, -0.05) is 20.8 Å². The molecule has 0 aromatic carbocycles. The highest BCUT2D eigenvalue weighted by Gasteiger charge is 2.07. The van der Waals surface area contributed by atoms with Crippen LogP contribution in [0.15, 0.2) is 0 Å². The van der Waals surface area contributed by atoms with Crippen molar-refractivity contribution < 1.29 is 19.1 Å². The summed E-state index contributed by atoms with van der Waals surface area (Å²) in [7, 11) is 0.